The molecule has 2 rings (SSSR count). The van der Waals surface area contributed by atoms with Gasteiger partial charge in [-0.2, -0.15) is 0 Å². The van der Waals surface area contributed by atoms with E-state index in [1.54, 1.807) is 31.2 Å². The summed E-state index contributed by atoms with van der Waals surface area (Å²) in [6, 6.07) is 16.6. The van der Waals surface area contributed by atoms with Gasteiger partial charge in [-0.05, 0) is 42.7 Å². The van der Waals surface area contributed by atoms with Crippen molar-refractivity contribution in [3.05, 3.63) is 60.2 Å². The molecule has 0 heterocycles. The van der Waals surface area contributed by atoms with Gasteiger partial charge >= 0.3 is 0 Å². The minimum absolute atomic E-state index is 0.142. The van der Waals surface area contributed by atoms with Crippen molar-refractivity contribution in [2.24, 2.45) is 0 Å². The van der Waals surface area contributed by atoms with Crippen molar-refractivity contribution < 1.29 is 14.3 Å². The molecule has 0 fully saturated rings. The summed E-state index contributed by atoms with van der Waals surface area (Å²) in [5.41, 5.74) is 1.89. The van der Waals surface area contributed by atoms with Crippen LogP contribution in [0.4, 0.5) is 5.69 Å². The molecule has 0 saturated heterocycles. The fourth-order valence-electron chi connectivity index (χ4n) is 2.63. The molecular formula is C20H24N2O3. The summed E-state index contributed by atoms with van der Waals surface area (Å²) in [6.45, 7) is 1.43. The van der Waals surface area contributed by atoms with Gasteiger partial charge in [-0.1, -0.05) is 30.3 Å². The average Bonchev–Trinajstić information content (AvgIpc) is 2.64. The van der Waals surface area contributed by atoms with Crippen LogP contribution in [0.25, 0.3) is 0 Å². The molecule has 1 N–H and O–H groups in total. The van der Waals surface area contributed by atoms with Crippen LogP contribution in [0.15, 0.2) is 54.6 Å². The summed E-state index contributed by atoms with van der Waals surface area (Å²) in [6.07, 6.45) is 1.26. The molecule has 0 aliphatic heterocycles. The van der Waals surface area contributed by atoms with Crippen molar-refractivity contribution in [3.8, 4) is 5.75 Å². The van der Waals surface area contributed by atoms with E-state index in [0.717, 1.165) is 17.0 Å². The highest BCUT2D eigenvalue weighted by Gasteiger charge is 2.23. The maximum Gasteiger partial charge on any atom is 0.249 e. The van der Waals surface area contributed by atoms with Crippen LogP contribution in [0.2, 0.25) is 0 Å². The molecule has 1 atom stereocenters. The third-order valence-corrected chi connectivity index (χ3v) is 4.03. The fraction of sp³-hybridized carbons (Fsp3) is 0.300. The van der Waals surface area contributed by atoms with Gasteiger partial charge in [0.2, 0.25) is 11.8 Å². The monoisotopic (exact) mass is 340 g/mol. The number of hydrogen-bond acceptors (Lipinski definition) is 3. The predicted molar refractivity (Wildman–Crippen MR) is 98.8 cm³/mol. The number of likely N-dealkylation sites (N-methyl/N-ethyl adjacent to an activating group) is 1. The second-order valence-electron chi connectivity index (χ2n) is 5.87. The number of nitrogens with zero attached hydrogens (tertiary/aromatic N) is 1. The SMILES string of the molecule is COc1ccc(N(C)C(=O)[C@H](CCc2ccccc2)NC(C)=O)cc1. The van der Waals surface area contributed by atoms with Crippen molar-refractivity contribution in [2.75, 3.05) is 19.1 Å². The lowest BCUT2D eigenvalue weighted by molar-refractivity contribution is -0.126. The zero-order valence-corrected chi connectivity index (χ0v) is 14.9. The topological polar surface area (TPSA) is 58.6 Å². The molecule has 0 radical (unpaired) electrons. The highest BCUT2D eigenvalue weighted by molar-refractivity contribution is 5.98. The zero-order chi connectivity index (χ0) is 18.2. The summed E-state index contributed by atoms with van der Waals surface area (Å²) < 4.78 is 5.14. The molecule has 132 valence electrons. The van der Waals surface area contributed by atoms with Gasteiger partial charge in [0.25, 0.3) is 0 Å². The Labute approximate surface area is 148 Å². The van der Waals surface area contributed by atoms with Gasteiger partial charge in [0, 0.05) is 19.7 Å². The Bertz CT molecular complexity index is 699. The Morgan fingerprint density at radius 3 is 2.28 bits per heavy atom. The average molecular weight is 340 g/mol. The second kappa shape index (κ2) is 8.87. The van der Waals surface area contributed by atoms with Gasteiger partial charge in [-0.3, -0.25) is 9.59 Å². The van der Waals surface area contributed by atoms with Crippen molar-refractivity contribution in [1.82, 2.24) is 5.32 Å². The number of nitrogens with one attached hydrogen (secondary N) is 1. The van der Waals surface area contributed by atoms with E-state index in [-0.39, 0.29) is 11.8 Å². The number of amides is 2. The Kier molecular flexibility index (Phi) is 6.57. The van der Waals surface area contributed by atoms with E-state index >= 15 is 0 Å². The number of rotatable bonds is 7. The smallest absolute Gasteiger partial charge is 0.249 e. The van der Waals surface area contributed by atoms with Crippen molar-refractivity contribution in [1.29, 1.82) is 0 Å². The molecule has 0 unspecified atom stereocenters. The largest absolute Gasteiger partial charge is 0.497 e. The van der Waals surface area contributed by atoms with Gasteiger partial charge in [0.15, 0.2) is 0 Å². The number of anilines is 1. The van der Waals surface area contributed by atoms with Gasteiger partial charge in [0.05, 0.1) is 7.11 Å². The molecule has 5 nitrogen and oxygen atoms in total. The molecule has 2 amide bonds. The van der Waals surface area contributed by atoms with Gasteiger partial charge in [-0.25, -0.2) is 0 Å². The summed E-state index contributed by atoms with van der Waals surface area (Å²) in [4.78, 5) is 25.9. The summed E-state index contributed by atoms with van der Waals surface area (Å²) in [7, 11) is 3.31. The van der Waals surface area contributed by atoms with E-state index in [4.69, 9.17) is 4.74 Å². The maximum absolute atomic E-state index is 12.8. The Morgan fingerprint density at radius 2 is 1.72 bits per heavy atom. The van der Waals surface area contributed by atoms with E-state index in [1.165, 1.54) is 6.92 Å². The zero-order valence-electron chi connectivity index (χ0n) is 14.9. The van der Waals surface area contributed by atoms with Crippen molar-refractivity contribution in [2.45, 2.75) is 25.8 Å². The number of benzene rings is 2. The normalized spacial score (nSPS) is 11.5. The van der Waals surface area contributed by atoms with Crippen LogP contribution in [0.1, 0.15) is 18.9 Å². The molecule has 0 spiro atoms. The molecule has 2 aromatic rings. The lowest BCUT2D eigenvalue weighted by atomic mass is 10.0. The number of carbonyl (C=O) groups excluding carboxylic acids is 2. The molecule has 2 aromatic carbocycles. The quantitative estimate of drug-likeness (QED) is 0.843. The molecule has 0 aliphatic rings. The van der Waals surface area contributed by atoms with E-state index in [2.05, 4.69) is 5.32 Å². The van der Waals surface area contributed by atoms with Crippen LogP contribution in [-0.2, 0) is 16.0 Å². The number of aryl methyl sites for hydroxylation is 1. The summed E-state index contributed by atoms with van der Waals surface area (Å²) >= 11 is 0. The lowest BCUT2D eigenvalue weighted by Crippen LogP contribution is -2.47. The molecule has 25 heavy (non-hydrogen) atoms. The fourth-order valence-corrected chi connectivity index (χ4v) is 2.63. The number of carbonyl (C=O) groups is 2. The van der Waals surface area contributed by atoms with E-state index in [1.807, 2.05) is 42.5 Å². The Balaban J connectivity index is 2.08. The lowest BCUT2D eigenvalue weighted by Gasteiger charge is -2.24. The molecule has 0 aliphatic carbocycles. The molecule has 0 saturated carbocycles. The van der Waals surface area contributed by atoms with Crippen LogP contribution in [0.3, 0.4) is 0 Å². The third kappa shape index (κ3) is 5.35. The van der Waals surface area contributed by atoms with E-state index < -0.39 is 6.04 Å². The minimum Gasteiger partial charge on any atom is -0.497 e. The maximum atomic E-state index is 12.8. The highest BCUT2D eigenvalue weighted by atomic mass is 16.5. The van der Waals surface area contributed by atoms with E-state index in [0.29, 0.717) is 12.8 Å². The molecular weight excluding hydrogens is 316 g/mol. The van der Waals surface area contributed by atoms with Crippen LogP contribution in [-0.4, -0.2) is 32.0 Å². The Hall–Kier alpha value is -2.82. The van der Waals surface area contributed by atoms with Crippen molar-refractivity contribution in [3.63, 3.8) is 0 Å². The number of methoxy groups -OCH3 is 1. The van der Waals surface area contributed by atoms with Crippen LogP contribution < -0.4 is 15.0 Å². The molecule has 0 aromatic heterocycles. The first-order valence-corrected chi connectivity index (χ1v) is 8.24. The summed E-state index contributed by atoms with van der Waals surface area (Å²) in [5.74, 6) is 0.373. The minimum atomic E-state index is -0.565. The van der Waals surface area contributed by atoms with Gasteiger partial charge in [-0.15, -0.1) is 0 Å². The second-order valence-corrected chi connectivity index (χ2v) is 5.87. The van der Waals surface area contributed by atoms with Crippen LogP contribution >= 0.6 is 0 Å². The van der Waals surface area contributed by atoms with Crippen LogP contribution in [0.5, 0.6) is 5.75 Å². The first kappa shape index (κ1) is 18.5. The highest BCUT2D eigenvalue weighted by Crippen LogP contribution is 2.19. The Morgan fingerprint density at radius 1 is 1.08 bits per heavy atom. The molecule has 5 heteroatoms. The van der Waals surface area contributed by atoms with Gasteiger partial charge in [0.1, 0.15) is 11.8 Å². The number of hydrogen-bond donors (Lipinski definition) is 1. The van der Waals surface area contributed by atoms with Crippen LogP contribution in [0, 0.1) is 0 Å². The third-order valence-electron chi connectivity index (χ3n) is 4.03. The summed E-state index contributed by atoms with van der Waals surface area (Å²) in [5, 5.41) is 2.77. The standard InChI is InChI=1S/C20H24N2O3/c1-15(23)21-19(14-9-16-7-5-4-6-8-16)20(24)22(2)17-10-12-18(25-3)13-11-17/h4-8,10-13,19H,9,14H2,1-3H3,(H,21,23)/t19-/m0/s1. The van der Waals surface area contributed by atoms with E-state index in [9.17, 15) is 9.59 Å². The predicted octanol–water partition coefficient (Wildman–Crippen LogP) is 2.80. The van der Waals surface area contributed by atoms with Crippen molar-refractivity contribution >= 4 is 17.5 Å². The molecule has 0 bridgehead atoms. The first-order valence-electron chi connectivity index (χ1n) is 8.24. The first-order chi connectivity index (χ1) is 12.0. The number of ether oxygens (including phenoxy) is 1. The van der Waals surface area contributed by atoms with Gasteiger partial charge < -0.3 is 15.0 Å².